The van der Waals surface area contributed by atoms with Crippen LogP contribution in [0.2, 0.25) is 5.02 Å². The molecule has 0 bridgehead atoms. The molecule has 2 aromatic carbocycles. The average Bonchev–Trinajstić information content (AvgIpc) is 2.43. The second kappa shape index (κ2) is 5.87. The summed E-state index contributed by atoms with van der Waals surface area (Å²) in [6, 6.07) is 10.3. The van der Waals surface area contributed by atoms with Gasteiger partial charge in [-0.25, -0.2) is 0 Å². The van der Waals surface area contributed by atoms with Gasteiger partial charge >= 0.3 is 10.1 Å². The third-order valence-electron chi connectivity index (χ3n) is 2.86. The molecule has 0 aromatic heterocycles. The van der Waals surface area contributed by atoms with Gasteiger partial charge in [0.25, 0.3) is 0 Å². The number of carbonyl (C=O) groups is 1. The molecule has 2 aromatic rings. The lowest BCUT2D eigenvalue weighted by Gasteiger charge is -2.09. The maximum Gasteiger partial charge on any atom is 0.339 e. The summed E-state index contributed by atoms with van der Waals surface area (Å²) in [6.45, 7) is 3.12. The Bertz CT molecular complexity index is 797. The molecule has 0 spiro atoms. The fourth-order valence-corrected chi connectivity index (χ4v) is 2.80. The lowest BCUT2D eigenvalue weighted by molar-refractivity contribution is 0.101. The van der Waals surface area contributed by atoms with E-state index in [1.807, 2.05) is 0 Å². The smallest absolute Gasteiger partial charge is 0.339 e. The zero-order valence-corrected chi connectivity index (χ0v) is 13.0. The number of carbonyl (C=O) groups excluding carboxylic acids is 1. The van der Waals surface area contributed by atoms with Crippen LogP contribution in [0.3, 0.4) is 0 Å². The van der Waals surface area contributed by atoms with Crippen LogP contribution in [0.25, 0.3) is 0 Å². The third kappa shape index (κ3) is 3.62. The number of ketones is 1. The monoisotopic (exact) mass is 324 g/mol. The Morgan fingerprint density at radius 3 is 2.48 bits per heavy atom. The Morgan fingerprint density at radius 1 is 1.14 bits per heavy atom. The van der Waals surface area contributed by atoms with Crippen molar-refractivity contribution in [3.05, 3.63) is 58.6 Å². The Morgan fingerprint density at radius 2 is 1.86 bits per heavy atom. The highest BCUT2D eigenvalue weighted by atomic mass is 35.5. The Kier molecular flexibility index (Phi) is 4.34. The van der Waals surface area contributed by atoms with Gasteiger partial charge < -0.3 is 4.18 Å². The van der Waals surface area contributed by atoms with Crippen LogP contribution in [0.15, 0.2) is 47.4 Å². The highest BCUT2D eigenvalue weighted by Gasteiger charge is 2.18. The Hall–Kier alpha value is -1.85. The number of rotatable bonds is 4. The van der Waals surface area contributed by atoms with Crippen LogP contribution in [0.5, 0.6) is 5.75 Å². The molecule has 21 heavy (non-hydrogen) atoms. The zero-order chi connectivity index (χ0) is 15.6. The van der Waals surface area contributed by atoms with Crippen molar-refractivity contribution in [2.24, 2.45) is 0 Å². The summed E-state index contributed by atoms with van der Waals surface area (Å²) >= 11 is 5.88. The average molecular weight is 325 g/mol. The quantitative estimate of drug-likeness (QED) is 0.636. The predicted octanol–water partition coefficient (Wildman–Crippen LogP) is 3.62. The topological polar surface area (TPSA) is 60.4 Å². The maximum atomic E-state index is 12.2. The number of Topliss-reactive ketones (excluding diaryl/α,β-unsaturated/α-hetero) is 1. The molecular formula is C15H13ClO4S. The molecule has 0 aliphatic carbocycles. The van der Waals surface area contributed by atoms with Crippen LogP contribution in [0.4, 0.5) is 0 Å². The van der Waals surface area contributed by atoms with Gasteiger partial charge in [0, 0.05) is 10.6 Å². The first-order chi connectivity index (χ1) is 9.79. The lowest BCUT2D eigenvalue weighted by atomic mass is 10.2. The van der Waals surface area contributed by atoms with Gasteiger partial charge in [-0.1, -0.05) is 23.7 Å². The van der Waals surface area contributed by atoms with Crippen LogP contribution >= 0.6 is 11.6 Å². The van der Waals surface area contributed by atoms with Crippen LogP contribution in [0, 0.1) is 6.92 Å². The third-order valence-corrected chi connectivity index (χ3v) is 4.53. The lowest BCUT2D eigenvalue weighted by Crippen LogP contribution is -2.10. The molecule has 0 unspecified atom stereocenters. The number of hydrogen-bond acceptors (Lipinski definition) is 4. The molecule has 0 saturated heterocycles. The van der Waals surface area contributed by atoms with Gasteiger partial charge in [-0.2, -0.15) is 8.42 Å². The van der Waals surface area contributed by atoms with Crippen molar-refractivity contribution >= 4 is 27.5 Å². The van der Waals surface area contributed by atoms with Crippen LogP contribution in [0.1, 0.15) is 22.8 Å². The summed E-state index contributed by atoms with van der Waals surface area (Å²) in [5, 5.41) is 0.526. The molecular weight excluding hydrogens is 312 g/mol. The minimum Gasteiger partial charge on any atom is -0.379 e. The minimum atomic E-state index is -3.99. The van der Waals surface area contributed by atoms with E-state index in [4.69, 9.17) is 15.8 Å². The van der Waals surface area contributed by atoms with Gasteiger partial charge in [0.05, 0.1) is 0 Å². The van der Waals surface area contributed by atoms with E-state index in [1.54, 1.807) is 19.1 Å². The Labute approximate surface area is 128 Å². The van der Waals surface area contributed by atoms with Gasteiger partial charge in [-0.3, -0.25) is 4.79 Å². The van der Waals surface area contributed by atoms with E-state index in [2.05, 4.69) is 0 Å². The van der Waals surface area contributed by atoms with E-state index in [0.29, 0.717) is 16.1 Å². The van der Waals surface area contributed by atoms with E-state index in [-0.39, 0.29) is 16.4 Å². The Balaban J connectivity index is 2.36. The van der Waals surface area contributed by atoms with Crippen molar-refractivity contribution in [3.8, 4) is 5.75 Å². The van der Waals surface area contributed by atoms with Crippen molar-refractivity contribution in [3.63, 3.8) is 0 Å². The number of halogens is 1. The van der Waals surface area contributed by atoms with E-state index >= 15 is 0 Å². The summed E-state index contributed by atoms with van der Waals surface area (Å²) in [6.07, 6.45) is 0. The largest absolute Gasteiger partial charge is 0.379 e. The van der Waals surface area contributed by atoms with Crippen molar-refractivity contribution in [2.45, 2.75) is 18.7 Å². The van der Waals surface area contributed by atoms with Gasteiger partial charge in [-0.05, 0) is 49.7 Å². The van der Waals surface area contributed by atoms with E-state index in [0.717, 1.165) is 0 Å². The summed E-state index contributed by atoms with van der Waals surface area (Å²) in [7, 11) is -3.99. The van der Waals surface area contributed by atoms with E-state index in [1.165, 1.54) is 37.3 Å². The van der Waals surface area contributed by atoms with Crippen molar-refractivity contribution in [1.29, 1.82) is 0 Å². The van der Waals surface area contributed by atoms with E-state index in [9.17, 15) is 13.2 Å². The molecule has 0 aliphatic rings. The van der Waals surface area contributed by atoms with Crippen molar-refractivity contribution < 1.29 is 17.4 Å². The summed E-state index contributed by atoms with van der Waals surface area (Å²) < 4.78 is 29.5. The van der Waals surface area contributed by atoms with Crippen LogP contribution in [-0.4, -0.2) is 14.2 Å². The molecule has 0 radical (unpaired) electrons. The predicted molar refractivity (Wildman–Crippen MR) is 80.4 cm³/mol. The van der Waals surface area contributed by atoms with Crippen molar-refractivity contribution in [2.75, 3.05) is 0 Å². The van der Waals surface area contributed by atoms with Crippen LogP contribution in [-0.2, 0) is 10.1 Å². The van der Waals surface area contributed by atoms with Crippen LogP contribution < -0.4 is 4.18 Å². The molecule has 0 heterocycles. The fraction of sp³-hybridized carbons (Fsp3) is 0.133. The molecule has 0 saturated carbocycles. The second-order valence-electron chi connectivity index (χ2n) is 4.53. The molecule has 2 rings (SSSR count). The minimum absolute atomic E-state index is 0.0668. The van der Waals surface area contributed by atoms with Gasteiger partial charge in [0.2, 0.25) is 0 Å². The molecule has 0 amide bonds. The molecule has 0 atom stereocenters. The van der Waals surface area contributed by atoms with Gasteiger partial charge in [-0.15, -0.1) is 0 Å². The molecule has 4 nitrogen and oxygen atoms in total. The normalized spacial score (nSPS) is 11.2. The van der Waals surface area contributed by atoms with Gasteiger partial charge in [0.1, 0.15) is 10.6 Å². The van der Waals surface area contributed by atoms with Gasteiger partial charge in [0.15, 0.2) is 5.78 Å². The van der Waals surface area contributed by atoms with E-state index < -0.39 is 10.1 Å². The highest BCUT2D eigenvalue weighted by Crippen LogP contribution is 2.24. The summed E-state index contributed by atoms with van der Waals surface area (Å²) in [5.41, 5.74) is 1.02. The first-order valence-corrected chi connectivity index (χ1v) is 7.90. The zero-order valence-electron chi connectivity index (χ0n) is 11.5. The maximum absolute atomic E-state index is 12.2. The standard InChI is InChI=1S/C15H13ClO4S/c1-10-8-13(6-7-15(10)16)20-21(18,19)14-5-3-4-12(9-14)11(2)17/h3-9H,1-2H3. The number of hydrogen-bond donors (Lipinski definition) is 0. The SMILES string of the molecule is CC(=O)c1cccc(S(=O)(=O)Oc2ccc(Cl)c(C)c2)c1. The second-order valence-corrected chi connectivity index (χ2v) is 6.49. The first-order valence-electron chi connectivity index (χ1n) is 6.11. The summed E-state index contributed by atoms with van der Waals surface area (Å²) in [4.78, 5) is 11.2. The summed E-state index contributed by atoms with van der Waals surface area (Å²) in [5.74, 6) is -0.0421. The fourth-order valence-electron chi connectivity index (χ4n) is 1.71. The molecule has 0 N–H and O–H groups in total. The van der Waals surface area contributed by atoms with Crippen molar-refractivity contribution in [1.82, 2.24) is 0 Å². The number of aryl methyl sites for hydroxylation is 1. The first kappa shape index (κ1) is 15.5. The highest BCUT2D eigenvalue weighted by molar-refractivity contribution is 7.87. The number of benzene rings is 2. The molecule has 110 valence electrons. The molecule has 0 fully saturated rings. The molecule has 6 heteroatoms. The molecule has 0 aliphatic heterocycles.